The van der Waals surface area contributed by atoms with Crippen molar-refractivity contribution in [3.8, 4) is 11.5 Å². The fourth-order valence-corrected chi connectivity index (χ4v) is 4.12. The van der Waals surface area contributed by atoms with Gasteiger partial charge in [-0.05, 0) is 82.2 Å². The topological polar surface area (TPSA) is 102 Å². The lowest BCUT2D eigenvalue weighted by molar-refractivity contribution is -0.118. The number of hydrazone groups is 1. The number of carbonyl (C=O) groups is 2. The van der Waals surface area contributed by atoms with Crippen LogP contribution in [-0.4, -0.2) is 31.7 Å². The molecule has 1 heterocycles. The molecule has 36 heavy (non-hydrogen) atoms. The Balaban J connectivity index is 1.38. The third kappa shape index (κ3) is 6.29. The van der Waals surface area contributed by atoms with Gasteiger partial charge in [-0.15, -0.1) is 0 Å². The molecule has 0 fully saturated rings. The quantitative estimate of drug-likeness (QED) is 0.189. The molecule has 4 rings (SSSR count). The highest BCUT2D eigenvalue weighted by atomic mass is 79.9. The first-order chi connectivity index (χ1) is 17.3. The molecule has 0 saturated carbocycles. The minimum Gasteiger partial charge on any atom is -0.493 e. The van der Waals surface area contributed by atoms with Gasteiger partial charge in [0.1, 0.15) is 11.4 Å². The summed E-state index contributed by atoms with van der Waals surface area (Å²) in [7, 11) is 1.45. The second kappa shape index (κ2) is 11.4. The summed E-state index contributed by atoms with van der Waals surface area (Å²) in [6.45, 7) is -0.302. The smallest absolute Gasteiger partial charge is 0.307 e. The number of nitrogens with zero attached hydrogens (tertiary/aromatic N) is 1. The lowest BCUT2D eigenvalue weighted by atomic mass is 10.2. The Morgan fingerprint density at radius 1 is 1.08 bits per heavy atom. The number of benzene rings is 3. The van der Waals surface area contributed by atoms with Gasteiger partial charge in [0.05, 0.1) is 17.8 Å². The molecule has 0 atom stereocenters. The second-order valence-electron chi connectivity index (χ2n) is 7.37. The number of anilines is 1. The van der Waals surface area contributed by atoms with Crippen LogP contribution in [-0.2, 0) is 4.79 Å². The molecule has 2 amide bonds. The molecule has 0 aliphatic carbocycles. The summed E-state index contributed by atoms with van der Waals surface area (Å²) < 4.78 is 30.9. The molecule has 0 saturated heterocycles. The predicted molar refractivity (Wildman–Crippen MR) is 140 cm³/mol. The molecule has 0 radical (unpaired) electrons. The Labute approximate surface area is 221 Å². The molecule has 1 aromatic heterocycles. The van der Waals surface area contributed by atoms with Crippen LogP contribution in [0.1, 0.15) is 16.1 Å². The van der Waals surface area contributed by atoms with E-state index in [0.29, 0.717) is 32.8 Å². The molecule has 4 aromatic rings. The van der Waals surface area contributed by atoms with Crippen LogP contribution < -0.4 is 20.2 Å². The number of carbonyl (C=O) groups excluding carboxylic acids is 2. The van der Waals surface area contributed by atoms with E-state index in [0.717, 1.165) is 9.86 Å². The number of methoxy groups -OCH3 is 1. The Kier molecular flexibility index (Phi) is 8.01. The third-order valence-electron chi connectivity index (χ3n) is 4.81. The highest BCUT2D eigenvalue weighted by Gasteiger charge is 2.14. The summed E-state index contributed by atoms with van der Waals surface area (Å²) in [5.41, 5.74) is 4.05. The van der Waals surface area contributed by atoms with Crippen molar-refractivity contribution in [1.29, 1.82) is 0 Å². The summed E-state index contributed by atoms with van der Waals surface area (Å²) in [4.78, 5) is 24.6. The number of fused-ring (bicyclic) bond motifs is 1. The molecule has 3 aromatic carbocycles. The average Bonchev–Trinajstić information content (AvgIpc) is 3.28. The number of amides is 2. The first kappa shape index (κ1) is 25.4. The SMILES string of the molecule is COc1cc(/C=N/NC(=O)c2cc3cc(Br)ccc3o2)cc(Br)c1OCC(=O)Nc1ccc(F)cc1. The minimum atomic E-state index is -0.503. The first-order valence-electron chi connectivity index (χ1n) is 10.4. The molecule has 8 nitrogen and oxygen atoms in total. The molecular weight excluding hydrogens is 601 g/mol. The monoisotopic (exact) mass is 617 g/mol. The van der Waals surface area contributed by atoms with Gasteiger partial charge < -0.3 is 19.2 Å². The largest absolute Gasteiger partial charge is 0.493 e. The summed E-state index contributed by atoms with van der Waals surface area (Å²) in [5.74, 6) is -0.555. The van der Waals surface area contributed by atoms with Crippen molar-refractivity contribution in [2.75, 3.05) is 19.0 Å². The van der Waals surface area contributed by atoms with Gasteiger partial charge in [0.25, 0.3) is 5.91 Å². The molecule has 2 N–H and O–H groups in total. The zero-order chi connectivity index (χ0) is 25.7. The molecule has 0 unspecified atom stereocenters. The second-order valence-corrected chi connectivity index (χ2v) is 9.14. The van der Waals surface area contributed by atoms with Crippen LogP contribution in [0, 0.1) is 5.82 Å². The van der Waals surface area contributed by atoms with Crippen molar-refractivity contribution in [3.63, 3.8) is 0 Å². The van der Waals surface area contributed by atoms with E-state index in [1.165, 1.54) is 37.6 Å². The lowest BCUT2D eigenvalue weighted by Crippen LogP contribution is -2.20. The molecule has 184 valence electrons. The van der Waals surface area contributed by atoms with E-state index in [4.69, 9.17) is 13.9 Å². The zero-order valence-corrected chi connectivity index (χ0v) is 21.9. The van der Waals surface area contributed by atoms with E-state index < -0.39 is 17.6 Å². The van der Waals surface area contributed by atoms with Crippen molar-refractivity contribution in [2.24, 2.45) is 5.10 Å². The number of furan rings is 1. The van der Waals surface area contributed by atoms with Gasteiger partial charge in [-0.25, -0.2) is 9.82 Å². The molecule has 0 spiro atoms. The minimum absolute atomic E-state index is 0.127. The van der Waals surface area contributed by atoms with Crippen LogP contribution in [0.4, 0.5) is 10.1 Å². The Morgan fingerprint density at radius 2 is 1.86 bits per heavy atom. The van der Waals surface area contributed by atoms with Gasteiger partial charge in [0.15, 0.2) is 23.9 Å². The maximum atomic E-state index is 13.0. The number of halogens is 3. The fourth-order valence-electron chi connectivity index (χ4n) is 3.17. The molecule has 0 bridgehead atoms. The third-order valence-corrected chi connectivity index (χ3v) is 5.89. The maximum absolute atomic E-state index is 13.0. The van der Waals surface area contributed by atoms with E-state index in [2.05, 4.69) is 47.7 Å². The Morgan fingerprint density at radius 3 is 2.61 bits per heavy atom. The molecule has 11 heteroatoms. The molecule has 0 aliphatic rings. The van der Waals surface area contributed by atoms with E-state index >= 15 is 0 Å². The van der Waals surface area contributed by atoms with Gasteiger partial charge in [-0.1, -0.05) is 15.9 Å². The highest BCUT2D eigenvalue weighted by molar-refractivity contribution is 9.10. The fraction of sp³-hybridized carbons (Fsp3) is 0.0800. The molecular formula is C25H18Br2FN3O5. The van der Waals surface area contributed by atoms with E-state index in [1.54, 1.807) is 24.3 Å². The number of rotatable bonds is 8. The standard InChI is InChI=1S/C25H18Br2FN3O5/c1-34-21-9-14(12-29-31-25(33)22-11-15-10-16(26)2-7-20(15)36-22)8-19(27)24(21)35-13-23(32)30-18-5-3-17(28)4-6-18/h2-12H,13H2,1H3,(H,30,32)(H,31,33)/b29-12+. The maximum Gasteiger partial charge on any atom is 0.307 e. The van der Waals surface area contributed by atoms with Crippen molar-refractivity contribution in [3.05, 3.63) is 86.8 Å². The van der Waals surface area contributed by atoms with E-state index in [-0.39, 0.29) is 12.4 Å². The number of hydrogen-bond acceptors (Lipinski definition) is 6. The van der Waals surface area contributed by atoms with Crippen LogP contribution in [0.2, 0.25) is 0 Å². The average molecular weight is 619 g/mol. The van der Waals surface area contributed by atoms with Gasteiger partial charge >= 0.3 is 5.91 Å². The van der Waals surface area contributed by atoms with Gasteiger partial charge in [-0.2, -0.15) is 5.10 Å². The van der Waals surface area contributed by atoms with Crippen molar-refractivity contribution < 1.29 is 27.9 Å². The number of nitrogens with one attached hydrogen (secondary N) is 2. The van der Waals surface area contributed by atoms with Crippen molar-refractivity contribution in [2.45, 2.75) is 0 Å². The Bertz CT molecular complexity index is 1450. The number of ether oxygens (including phenoxy) is 2. The lowest BCUT2D eigenvalue weighted by Gasteiger charge is -2.13. The van der Waals surface area contributed by atoms with Crippen LogP contribution in [0.15, 0.2) is 79.1 Å². The van der Waals surface area contributed by atoms with E-state index in [9.17, 15) is 14.0 Å². The van der Waals surface area contributed by atoms with Crippen molar-refractivity contribution >= 4 is 66.5 Å². The Hall–Kier alpha value is -3.70. The highest BCUT2D eigenvalue weighted by Crippen LogP contribution is 2.36. The van der Waals surface area contributed by atoms with Crippen LogP contribution in [0.3, 0.4) is 0 Å². The van der Waals surface area contributed by atoms with Gasteiger partial charge in [-0.3, -0.25) is 9.59 Å². The summed E-state index contributed by atoms with van der Waals surface area (Å²) in [5, 5.41) is 7.38. The number of hydrogen-bond donors (Lipinski definition) is 2. The van der Waals surface area contributed by atoms with Gasteiger partial charge in [0.2, 0.25) is 0 Å². The zero-order valence-electron chi connectivity index (χ0n) is 18.7. The van der Waals surface area contributed by atoms with E-state index in [1.807, 2.05) is 12.1 Å². The predicted octanol–water partition coefficient (Wildman–Crippen LogP) is 5.89. The van der Waals surface area contributed by atoms with Gasteiger partial charge in [0, 0.05) is 15.5 Å². The van der Waals surface area contributed by atoms with Crippen LogP contribution in [0.5, 0.6) is 11.5 Å². The first-order valence-corrected chi connectivity index (χ1v) is 12.0. The summed E-state index contributed by atoms with van der Waals surface area (Å²) in [6, 6.07) is 15.8. The summed E-state index contributed by atoms with van der Waals surface area (Å²) >= 11 is 6.78. The van der Waals surface area contributed by atoms with Crippen molar-refractivity contribution in [1.82, 2.24) is 5.43 Å². The normalized spacial score (nSPS) is 11.0. The summed E-state index contributed by atoms with van der Waals surface area (Å²) in [6.07, 6.45) is 1.43. The van der Waals surface area contributed by atoms with Crippen LogP contribution >= 0.6 is 31.9 Å². The van der Waals surface area contributed by atoms with Crippen LogP contribution in [0.25, 0.3) is 11.0 Å². The molecule has 0 aliphatic heterocycles.